The molecule has 1 nitrogen and oxygen atoms in total. The average Bonchev–Trinajstić information content (AvgIpc) is 4.03. The molecule has 0 bridgehead atoms. The van der Waals surface area contributed by atoms with Gasteiger partial charge in [0.25, 0.3) is 0 Å². The van der Waals surface area contributed by atoms with Crippen molar-refractivity contribution in [2.24, 2.45) is 0 Å². The second kappa shape index (κ2) is 14.9. The molecule has 1 spiro atoms. The lowest BCUT2D eigenvalue weighted by Gasteiger charge is -2.32. The number of hydrogen-bond acceptors (Lipinski definition) is 2. The van der Waals surface area contributed by atoms with Gasteiger partial charge in [0.2, 0.25) is 0 Å². The number of thiophene rings is 1. The van der Waals surface area contributed by atoms with Crippen molar-refractivity contribution in [1.29, 1.82) is 0 Å². The first kappa shape index (κ1) is 38.0. The van der Waals surface area contributed by atoms with Gasteiger partial charge in [0.15, 0.2) is 0 Å². The maximum absolute atomic E-state index is 2.49. The molecule has 11 aromatic carbocycles. The Hall–Kier alpha value is -8.30. The zero-order valence-corrected chi connectivity index (χ0v) is 37.3. The van der Waals surface area contributed by atoms with Crippen molar-refractivity contribution in [3.63, 3.8) is 0 Å². The van der Waals surface area contributed by atoms with Gasteiger partial charge in [-0.1, -0.05) is 194 Å². The van der Waals surface area contributed by atoms with E-state index in [0.717, 1.165) is 17.1 Å². The first-order valence-corrected chi connectivity index (χ1v) is 24.0. The van der Waals surface area contributed by atoms with Crippen LogP contribution in [-0.2, 0) is 5.41 Å². The summed E-state index contributed by atoms with van der Waals surface area (Å²) < 4.78 is 2.65. The number of rotatable bonds is 6. The predicted octanol–water partition coefficient (Wildman–Crippen LogP) is 18.0. The van der Waals surface area contributed by atoms with E-state index >= 15 is 0 Å². The highest BCUT2D eigenvalue weighted by molar-refractivity contribution is 7.26. The molecule has 0 aliphatic heterocycles. The third-order valence-electron chi connectivity index (χ3n) is 14.5. The number of nitrogens with zero attached hydrogens (tertiary/aromatic N) is 1. The van der Waals surface area contributed by atoms with Crippen LogP contribution in [0.5, 0.6) is 0 Å². The molecular weight excluding hydrogens is 827 g/mol. The van der Waals surface area contributed by atoms with E-state index in [0.29, 0.717) is 0 Å². The summed E-state index contributed by atoms with van der Waals surface area (Å²) in [7, 11) is 0. The van der Waals surface area contributed by atoms with Gasteiger partial charge in [-0.25, -0.2) is 0 Å². The molecule has 0 fully saturated rings. The van der Waals surface area contributed by atoms with Gasteiger partial charge in [-0.3, -0.25) is 0 Å². The quantitative estimate of drug-likeness (QED) is 0.161. The van der Waals surface area contributed by atoms with E-state index in [1.165, 1.54) is 109 Å². The van der Waals surface area contributed by atoms with E-state index in [4.69, 9.17) is 0 Å². The Balaban J connectivity index is 0.939. The highest BCUT2D eigenvalue weighted by Crippen LogP contribution is 2.63. The maximum Gasteiger partial charge on any atom is 0.0726 e. The standard InChI is InChI=1S/C65H41NS/c1-2-15-44-38-47(31-30-42(44)14-1)43-32-34-49(35-33-43)66(50-19-12-17-46(40-50)45-16-11-18-48(39-45)52-24-13-25-58-57-23-6-10-29-63(57)67-64(52)58)51-36-37-56-55-22-5-9-28-61(55)65(62(56)41-51)59-26-7-3-20-53(59)54-21-4-8-27-60(54)65/h1-41H. The van der Waals surface area contributed by atoms with Crippen molar-refractivity contribution in [2.45, 2.75) is 5.41 Å². The molecule has 12 aromatic rings. The Morgan fingerprint density at radius 2 is 0.806 bits per heavy atom. The number of benzene rings is 11. The highest BCUT2D eigenvalue weighted by atomic mass is 32.1. The fourth-order valence-corrected chi connectivity index (χ4v) is 12.7. The number of fused-ring (bicyclic) bond motifs is 14. The summed E-state index contributed by atoms with van der Waals surface area (Å²) in [5, 5.41) is 5.13. The molecule has 1 heterocycles. The van der Waals surface area contributed by atoms with Crippen LogP contribution in [0.2, 0.25) is 0 Å². The van der Waals surface area contributed by atoms with Gasteiger partial charge in [-0.2, -0.15) is 0 Å². The molecule has 2 heteroatoms. The molecule has 0 saturated heterocycles. The minimum atomic E-state index is -0.444. The van der Waals surface area contributed by atoms with Crippen LogP contribution in [-0.4, -0.2) is 0 Å². The minimum absolute atomic E-state index is 0.444. The van der Waals surface area contributed by atoms with Crippen LogP contribution in [0.25, 0.3) is 86.6 Å². The second-order valence-electron chi connectivity index (χ2n) is 18.0. The first-order chi connectivity index (χ1) is 33.2. The average molecular weight is 868 g/mol. The zero-order valence-electron chi connectivity index (χ0n) is 36.5. The largest absolute Gasteiger partial charge is 0.310 e. The van der Waals surface area contributed by atoms with Gasteiger partial charge in [-0.05, 0) is 143 Å². The van der Waals surface area contributed by atoms with Crippen LogP contribution in [0.15, 0.2) is 249 Å². The first-order valence-electron chi connectivity index (χ1n) is 23.2. The summed E-state index contributed by atoms with van der Waals surface area (Å²) in [5.41, 5.74) is 20.7. The van der Waals surface area contributed by atoms with Crippen molar-refractivity contribution in [2.75, 3.05) is 4.90 Å². The van der Waals surface area contributed by atoms with Crippen LogP contribution in [0, 0.1) is 0 Å². The Kier molecular flexibility index (Phi) is 8.44. The van der Waals surface area contributed by atoms with Crippen molar-refractivity contribution < 1.29 is 0 Å². The van der Waals surface area contributed by atoms with Gasteiger partial charge in [-0.15, -0.1) is 11.3 Å². The van der Waals surface area contributed by atoms with Gasteiger partial charge >= 0.3 is 0 Å². The summed E-state index contributed by atoms with van der Waals surface area (Å²) in [6.45, 7) is 0. The van der Waals surface area contributed by atoms with Crippen LogP contribution < -0.4 is 4.90 Å². The van der Waals surface area contributed by atoms with E-state index in [1.807, 2.05) is 11.3 Å². The highest BCUT2D eigenvalue weighted by Gasteiger charge is 2.51. The van der Waals surface area contributed by atoms with Crippen molar-refractivity contribution in [1.82, 2.24) is 0 Å². The van der Waals surface area contributed by atoms with Crippen molar-refractivity contribution in [3.05, 3.63) is 271 Å². The molecule has 14 rings (SSSR count). The van der Waals surface area contributed by atoms with Crippen molar-refractivity contribution in [3.8, 4) is 55.6 Å². The smallest absolute Gasteiger partial charge is 0.0726 e. The minimum Gasteiger partial charge on any atom is -0.310 e. The molecule has 0 amide bonds. The maximum atomic E-state index is 2.49. The Morgan fingerprint density at radius 3 is 1.57 bits per heavy atom. The molecule has 1 aromatic heterocycles. The molecule has 0 saturated carbocycles. The second-order valence-corrected chi connectivity index (χ2v) is 19.0. The molecule has 312 valence electrons. The van der Waals surface area contributed by atoms with Crippen LogP contribution >= 0.6 is 11.3 Å². The van der Waals surface area contributed by atoms with Crippen LogP contribution in [0.1, 0.15) is 22.3 Å². The van der Waals surface area contributed by atoms with Gasteiger partial charge in [0.1, 0.15) is 0 Å². The van der Waals surface area contributed by atoms with E-state index in [9.17, 15) is 0 Å². The third-order valence-corrected chi connectivity index (χ3v) is 15.7. The zero-order chi connectivity index (χ0) is 44.1. The summed E-state index contributed by atoms with van der Waals surface area (Å²) in [4.78, 5) is 2.46. The third kappa shape index (κ3) is 5.73. The summed E-state index contributed by atoms with van der Waals surface area (Å²) in [5.74, 6) is 0. The fraction of sp³-hybridized carbons (Fsp3) is 0.0154. The van der Waals surface area contributed by atoms with E-state index in [-0.39, 0.29) is 0 Å². The molecule has 67 heavy (non-hydrogen) atoms. The van der Waals surface area contributed by atoms with Crippen LogP contribution in [0.4, 0.5) is 17.1 Å². The lowest BCUT2D eigenvalue weighted by molar-refractivity contribution is 0.793. The topological polar surface area (TPSA) is 3.24 Å². The van der Waals surface area contributed by atoms with Crippen LogP contribution in [0.3, 0.4) is 0 Å². The molecule has 2 aliphatic rings. The fourth-order valence-electron chi connectivity index (χ4n) is 11.5. The Morgan fingerprint density at radius 1 is 0.284 bits per heavy atom. The molecule has 2 aliphatic carbocycles. The summed E-state index contributed by atoms with van der Waals surface area (Å²) >= 11 is 1.88. The molecule has 0 N–H and O–H groups in total. The summed E-state index contributed by atoms with van der Waals surface area (Å²) in [6, 6.07) is 92.6. The predicted molar refractivity (Wildman–Crippen MR) is 284 cm³/mol. The molecular formula is C65H41NS. The lowest BCUT2D eigenvalue weighted by atomic mass is 9.70. The SMILES string of the molecule is c1cc(-c2cccc(N(c3ccc(-c4ccc5ccccc5c4)cc3)c3ccc4c(c3)C3(c5ccccc5-c5ccccc53)c3ccccc3-4)c2)cc(-c2cccc3c2sc2ccccc23)c1. The number of hydrogen-bond donors (Lipinski definition) is 0. The molecule has 0 unspecified atom stereocenters. The van der Waals surface area contributed by atoms with E-state index in [2.05, 4.69) is 254 Å². The Bertz CT molecular complexity index is 3880. The molecule has 0 radical (unpaired) electrons. The van der Waals surface area contributed by atoms with Gasteiger partial charge < -0.3 is 4.90 Å². The normalized spacial score (nSPS) is 12.9. The summed E-state index contributed by atoms with van der Waals surface area (Å²) in [6.07, 6.45) is 0. The van der Waals surface area contributed by atoms with Crippen molar-refractivity contribution >= 4 is 59.3 Å². The monoisotopic (exact) mass is 867 g/mol. The van der Waals surface area contributed by atoms with Gasteiger partial charge in [0, 0.05) is 37.2 Å². The van der Waals surface area contributed by atoms with E-state index in [1.54, 1.807) is 0 Å². The van der Waals surface area contributed by atoms with E-state index < -0.39 is 5.41 Å². The Labute approximate surface area is 394 Å². The number of anilines is 3. The lowest BCUT2D eigenvalue weighted by Crippen LogP contribution is -2.26. The van der Waals surface area contributed by atoms with Gasteiger partial charge in [0.05, 0.1) is 5.41 Å². The molecule has 0 atom stereocenters.